The number of aliphatic hydroxyl groups excluding tert-OH is 1. The van der Waals surface area contributed by atoms with Crippen molar-refractivity contribution < 1.29 is 18.6 Å². The van der Waals surface area contributed by atoms with Gasteiger partial charge in [0.2, 0.25) is 6.41 Å². The summed E-state index contributed by atoms with van der Waals surface area (Å²) in [6, 6.07) is 0. The van der Waals surface area contributed by atoms with Crippen LogP contribution in [0.3, 0.4) is 0 Å². The molecule has 0 heterocycles. The van der Waals surface area contributed by atoms with Crippen LogP contribution in [0.25, 0.3) is 0 Å². The molecule has 0 rings (SSSR count). The SMILES string of the molecule is CC(F)(F)CN[C@H](O)OC(C)(C)C. The first-order valence-corrected chi connectivity index (χ1v) is 4.07. The van der Waals surface area contributed by atoms with Gasteiger partial charge in [-0.2, -0.15) is 0 Å². The first-order valence-electron chi connectivity index (χ1n) is 4.07. The van der Waals surface area contributed by atoms with Crippen LogP contribution in [-0.2, 0) is 4.74 Å². The molecule has 1 atom stereocenters. The topological polar surface area (TPSA) is 41.5 Å². The van der Waals surface area contributed by atoms with Gasteiger partial charge in [-0.05, 0) is 20.8 Å². The van der Waals surface area contributed by atoms with E-state index >= 15 is 0 Å². The van der Waals surface area contributed by atoms with Gasteiger partial charge in [-0.3, -0.25) is 5.32 Å². The molecule has 0 radical (unpaired) electrons. The maximum atomic E-state index is 12.3. The first-order chi connectivity index (χ1) is 5.60. The van der Waals surface area contributed by atoms with Gasteiger partial charge in [0.15, 0.2) is 0 Å². The van der Waals surface area contributed by atoms with E-state index in [-0.39, 0.29) is 0 Å². The van der Waals surface area contributed by atoms with Crippen LogP contribution in [0.1, 0.15) is 27.7 Å². The van der Waals surface area contributed by atoms with Gasteiger partial charge in [-0.15, -0.1) is 0 Å². The Kier molecular flexibility index (Phi) is 4.22. The Balaban J connectivity index is 3.70. The summed E-state index contributed by atoms with van der Waals surface area (Å²) in [7, 11) is 0. The standard InChI is InChI=1S/C8H17F2NO2/c1-7(2,3)13-6(12)11-5-8(4,9)10/h6,11-12H,5H2,1-4H3/t6-/m1/s1. The Bertz CT molecular complexity index is 151. The number of aliphatic hydroxyl groups is 1. The maximum Gasteiger partial charge on any atom is 0.257 e. The fraction of sp³-hybridized carbons (Fsp3) is 1.00. The van der Waals surface area contributed by atoms with Gasteiger partial charge in [0.05, 0.1) is 12.1 Å². The Labute approximate surface area is 77.1 Å². The van der Waals surface area contributed by atoms with Crippen molar-refractivity contribution in [3.63, 3.8) is 0 Å². The average Bonchev–Trinajstić information content (AvgIpc) is 1.78. The molecular weight excluding hydrogens is 180 g/mol. The average molecular weight is 197 g/mol. The van der Waals surface area contributed by atoms with Crippen molar-refractivity contribution >= 4 is 0 Å². The molecule has 0 aliphatic carbocycles. The summed E-state index contributed by atoms with van der Waals surface area (Å²) in [4.78, 5) is 0. The number of nitrogens with one attached hydrogen (secondary N) is 1. The summed E-state index contributed by atoms with van der Waals surface area (Å²) >= 11 is 0. The number of hydrogen-bond donors (Lipinski definition) is 2. The highest BCUT2D eigenvalue weighted by Gasteiger charge is 2.23. The molecule has 0 amide bonds. The van der Waals surface area contributed by atoms with Crippen LogP contribution >= 0.6 is 0 Å². The van der Waals surface area contributed by atoms with E-state index in [2.05, 4.69) is 5.32 Å². The van der Waals surface area contributed by atoms with Crippen molar-refractivity contribution in [2.75, 3.05) is 6.54 Å². The van der Waals surface area contributed by atoms with Gasteiger partial charge in [-0.25, -0.2) is 8.78 Å². The highest BCUT2D eigenvalue weighted by atomic mass is 19.3. The normalized spacial score (nSPS) is 15.9. The zero-order valence-electron chi connectivity index (χ0n) is 8.40. The molecule has 3 nitrogen and oxygen atoms in total. The number of halogens is 2. The predicted octanol–water partition coefficient (Wildman–Crippen LogP) is 1.32. The second-order valence-electron chi connectivity index (χ2n) is 4.03. The molecule has 0 aromatic heterocycles. The van der Waals surface area contributed by atoms with Crippen molar-refractivity contribution in [2.24, 2.45) is 0 Å². The van der Waals surface area contributed by atoms with E-state index in [1.165, 1.54) is 0 Å². The van der Waals surface area contributed by atoms with E-state index in [1.54, 1.807) is 20.8 Å². The zero-order valence-corrected chi connectivity index (χ0v) is 8.40. The van der Waals surface area contributed by atoms with Gasteiger partial charge in [0.25, 0.3) is 5.92 Å². The molecule has 0 fully saturated rings. The van der Waals surface area contributed by atoms with E-state index in [0.29, 0.717) is 0 Å². The molecule has 0 aromatic rings. The Morgan fingerprint density at radius 1 is 1.31 bits per heavy atom. The molecule has 0 aliphatic heterocycles. The summed E-state index contributed by atoms with van der Waals surface area (Å²) < 4.78 is 29.5. The third kappa shape index (κ3) is 9.66. The molecule has 0 aliphatic rings. The lowest BCUT2D eigenvalue weighted by atomic mass is 10.2. The van der Waals surface area contributed by atoms with Crippen LogP contribution in [0.2, 0.25) is 0 Å². The van der Waals surface area contributed by atoms with Crippen LogP contribution in [0.4, 0.5) is 8.78 Å². The van der Waals surface area contributed by atoms with E-state index in [1.807, 2.05) is 0 Å². The minimum Gasteiger partial charge on any atom is -0.356 e. The molecule has 13 heavy (non-hydrogen) atoms. The summed E-state index contributed by atoms with van der Waals surface area (Å²) in [5, 5.41) is 11.2. The maximum absolute atomic E-state index is 12.3. The van der Waals surface area contributed by atoms with Crippen LogP contribution in [0, 0.1) is 0 Å². The van der Waals surface area contributed by atoms with Gasteiger partial charge in [0, 0.05) is 6.92 Å². The lowest BCUT2D eigenvalue weighted by Gasteiger charge is -2.25. The number of rotatable bonds is 4. The summed E-state index contributed by atoms with van der Waals surface area (Å²) in [5.41, 5.74) is -0.560. The second-order valence-corrected chi connectivity index (χ2v) is 4.03. The molecule has 2 N–H and O–H groups in total. The summed E-state index contributed by atoms with van der Waals surface area (Å²) in [6.45, 7) is 5.33. The van der Waals surface area contributed by atoms with Crippen molar-refractivity contribution in [3.05, 3.63) is 0 Å². The number of ether oxygens (including phenoxy) is 1. The van der Waals surface area contributed by atoms with Gasteiger partial charge in [0.1, 0.15) is 0 Å². The Morgan fingerprint density at radius 2 is 1.77 bits per heavy atom. The third-order valence-corrected chi connectivity index (χ3v) is 1.05. The molecule has 80 valence electrons. The molecule has 5 heteroatoms. The lowest BCUT2D eigenvalue weighted by molar-refractivity contribution is -0.187. The van der Waals surface area contributed by atoms with Crippen LogP contribution < -0.4 is 5.32 Å². The minimum absolute atomic E-state index is 0.560. The van der Waals surface area contributed by atoms with Crippen molar-refractivity contribution in [3.8, 4) is 0 Å². The van der Waals surface area contributed by atoms with E-state index in [9.17, 15) is 8.78 Å². The highest BCUT2D eigenvalue weighted by molar-refractivity contribution is 4.64. The fourth-order valence-electron chi connectivity index (χ4n) is 0.643. The predicted molar refractivity (Wildman–Crippen MR) is 45.5 cm³/mol. The van der Waals surface area contributed by atoms with Crippen molar-refractivity contribution in [2.45, 2.75) is 45.6 Å². The van der Waals surface area contributed by atoms with Gasteiger partial charge in [-0.1, -0.05) is 0 Å². The molecule has 0 saturated heterocycles. The minimum atomic E-state index is -2.85. The molecule has 0 spiro atoms. The molecule has 0 saturated carbocycles. The molecule has 0 unspecified atom stereocenters. The van der Waals surface area contributed by atoms with E-state index in [0.717, 1.165) is 6.92 Å². The molecule has 0 bridgehead atoms. The first kappa shape index (κ1) is 12.7. The van der Waals surface area contributed by atoms with Gasteiger partial charge < -0.3 is 9.84 Å². The van der Waals surface area contributed by atoms with Crippen molar-refractivity contribution in [1.82, 2.24) is 5.32 Å². The zero-order chi connectivity index (χ0) is 10.7. The monoisotopic (exact) mass is 197 g/mol. The van der Waals surface area contributed by atoms with Crippen molar-refractivity contribution in [1.29, 1.82) is 0 Å². The van der Waals surface area contributed by atoms with Crippen LogP contribution in [0.5, 0.6) is 0 Å². The number of alkyl halides is 2. The summed E-state index contributed by atoms with van der Waals surface area (Å²) in [5.74, 6) is -2.85. The Hall–Kier alpha value is -0.260. The highest BCUT2D eigenvalue weighted by Crippen LogP contribution is 2.11. The lowest BCUT2D eigenvalue weighted by Crippen LogP contribution is -2.42. The smallest absolute Gasteiger partial charge is 0.257 e. The van der Waals surface area contributed by atoms with Gasteiger partial charge >= 0.3 is 0 Å². The molecular formula is C8H17F2NO2. The van der Waals surface area contributed by atoms with E-state index in [4.69, 9.17) is 9.84 Å². The summed E-state index contributed by atoms with van der Waals surface area (Å²) in [6.07, 6.45) is -1.36. The second kappa shape index (κ2) is 4.30. The van der Waals surface area contributed by atoms with Crippen LogP contribution in [-0.4, -0.2) is 29.6 Å². The van der Waals surface area contributed by atoms with Crippen LogP contribution in [0.15, 0.2) is 0 Å². The van der Waals surface area contributed by atoms with E-state index < -0.39 is 24.5 Å². The fourth-order valence-corrected chi connectivity index (χ4v) is 0.643. The molecule has 0 aromatic carbocycles. The Morgan fingerprint density at radius 3 is 2.08 bits per heavy atom. The quantitative estimate of drug-likeness (QED) is 0.668. The third-order valence-electron chi connectivity index (χ3n) is 1.05. The number of hydrogen-bond acceptors (Lipinski definition) is 3. The largest absolute Gasteiger partial charge is 0.356 e.